The summed E-state index contributed by atoms with van der Waals surface area (Å²) in [5, 5.41) is 33.0. The molecular formula is C26H45NO4. The van der Waals surface area contributed by atoms with Crippen molar-refractivity contribution in [2.75, 3.05) is 6.61 Å². The summed E-state index contributed by atoms with van der Waals surface area (Å²) in [6, 6.07) is 6.27. The molecule has 1 aromatic carbocycles. The van der Waals surface area contributed by atoms with Crippen molar-refractivity contribution in [3.8, 4) is 0 Å². The highest BCUT2D eigenvalue weighted by Crippen LogP contribution is 2.15. The van der Waals surface area contributed by atoms with E-state index >= 15 is 0 Å². The van der Waals surface area contributed by atoms with Crippen molar-refractivity contribution >= 4 is 5.91 Å². The molecule has 0 aromatic heterocycles. The average molecular weight is 436 g/mol. The minimum atomic E-state index is -1.19. The number of benzene rings is 1. The number of hydrogen-bond acceptors (Lipinski definition) is 4. The zero-order valence-corrected chi connectivity index (χ0v) is 19.7. The number of hydrogen-bond donors (Lipinski definition) is 4. The van der Waals surface area contributed by atoms with Crippen molar-refractivity contribution in [1.82, 2.24) is 5.32 Å². The standard InChI is InChI=1S/C26H45NO4/c1-3-4-5-6-7-8-9-10-11-12-13-14-19-24(29)25(30)23(20-28)27-26(31)22-18-16-15-17-21(22)2/h15-18,23-25,28-30H,3-14,19-20H2,1-2H3,(H,27,31). The Balaban J connectivity index is 2.17. The molecule has 178 valence electrons. The van der Waals surface area contributed by atoms with Gasteiger partial charge < -0.3 is 20.6 Å². The van der Waals surface area contributed by atoms with E-state index in [0.717, 1.165) is 24.8 Å². The molecule has 0 saturated carbocycles. The van der Waals surface area contributed by atoms with Gasteiger partial charge >= 0.3 is 0 Å². The molecule has 1 aromatic rings. The molecule has 1 amide bonds. The maximum Gasteiger partial charge on any atom is 0.251 e. The first-order valence-electron chi connectivity index (χ1n) is 12.3. The predicted molar refractivity (Wildman–Crippen MR) is 127 cm³/mol. The molecule has 0 bridgehead atoms. The lowest BCUT2D eigenvalue weighted by Gasteiger charge is -2.26. The lowest BCUT2D eigenvalue weighted by Crippen LogP contribution is -2.50. The van der Waals surface area contributed by atoms with Crippen molar-refractivity contribution in [2.24, 2.45) is 0 Å². The predicted octanol–water partition coefficient (Wildman–Crippen LogP) is 4.90. The number of amides is 1. The van der Waals surface area contributed by atoms with Crippen LogP contribution in [0.15, 0.2) is 24.3 Å². The second kappa shape index (κ2) is 17.2. The lowest BCUT2D eigenvalue weighted by atomic mass is 9.99. The Morgan fingerprint density at radius 3 is 1.90 bits per heavy atom. The normalized spacial score (nSPS) is 14.2. The molecule has 5 nitrogen and oxygen atoms in total. The summed E-state index contributed by atoms with van der Waals surface area (Å²) in [5.41, 5.74) is 1.33. The maximum atomic E-state index is 12.4. The minimum absolute atomic E-state index is 0.353. The van der Waals surface area contributed by atoms with E-state index in [2.05, 4.69) is 12.2 Å². The van der Waals surface area contributed by atoms with Crippen molar-refractivity contribution < 1.29 is 20.1 Å². The van der Waals surface area contributed by atoms with Gasteiger partial charge in [-0.3, -0.25) is 4.79 Å². The van der Waals surface area contributed by atoms with E-state index in [1.165, 1.54) is 57.8 Å². The Hall–Kier alpha value is -1.43. The summed E-state index contributed by atoms with van der Waals surface area (Å²) in [4.78, 5) is 12.4. The van der Waals surface area contributed by atoms with E-state index in [1.807, 2.05) is 19.1 Å². The Morgan fingerprint density at radius 2 is 1.39 bits per heavy atom. The summed E-state index contributed by atoms with van der Waals surface area (Å²) >= 11 is 0. The van der Waals surface area contributed by atoms with Gasteiger partial charge in [-0.1, -0.05) is 102 Å². The van der Waals surface area contributed by atoms with Gasteiger partial charge in [0.25, 0.3) is 5.91 Å². The summed E-state index contributed by atoms with van der Waals surface area (Å²) < 4.78 is 0. The monoisotopic (exact) mass is 435 g/mol. The smallest absolute Gasteiger partial charge is 0.251 e. The van der Waals surface area contributed by atoms with Crippen LogP contribution in [0.4, 0.5) is 0 Å². The van der Waals surface area contributed by atoms with E-state index in [1.54, 1.807) is 12.1 Å². The number of unbranched alkanes of at least 4 members (excludes halogenated alkanes) is 11. The second-order valence-electron chi connectivity index (χ2n) is 8.81. The summed E-state index contributed by atoms with van der Waals surface area (Å²) in [7, 11) is 0. The summed E-state index contributed by atoms with van der Waals surface area (Å²) in [5.74, 6) is -0.353. The van der Waals surface area contributed by atoms with Crippen molar-refractivity contribution in [3.63, 3.8) is 0 Å². The van der Waals surface area contributed by atoms with Crippen LogP contribution < -0.4 is 5.32 Å². The molecule has 4 N–H and O–H groups in total. The molecule has 3 atom stereocenters. The first-order valence-corrected chi connectivity index (χ1v) is 12.3. The molecule has 0 saturated heterocycles. The molecule has 0 heterocycles. The summed E-state index contributed by atoms with van der Waals surface area (Å²) in [6.45, 7) is 3.66. The van der Waals surface area contributed by atoms with E-state index < -0.39 is 24.9 Å². The van der Waals surface area contributed by atoms with Gasteiger partial charge in [0.2, 0.25) is 0 Å². The molecule has 3 unspecified atom stereocenters. The van der Waals surface area contributed by atoms with Crippen molar-refractivity contribution in [3.05, 3.63) is 35.4 Å². The van der Waals surface area contributed by atoms with Crippen molar-refractivity contribution in [1.29, 1.82) is 0 Å². The van der Waals surface area contributed by atoms with Gasteiger partial charge in [0, 0.05) is 5.56 Å². The molecule has 0 aliphatic rings. The Morgan fingerprint density at radius 1 is 0.871 bits per heavy atom. The van der Waals surface area contributed by atoms with E-state index in [4.69, 9.17) is 0 Å². The lowest BCUT2D eigenvalue weighted by molar-refractivity contribution is -0.0197. The van der Waals surface area contributed by atoms with Crippen LogP contribution in [0, 0.1) is 6.92 Å². The molecule has 0 spiro atoms. The van der Waals surface area contributed by atoms with Gasteiger partial charge in [-0.05, 0) is 25.0 Å². The molecule has 0 aliphatic heterocycles. The Kier molecular flexibility index (Phi) is 15.3. The van der Waals surface area contributed by atoms with Gasteiger partial charge in [-0.15, -0.1) is 0 Å². The molecule has 0 aliphatic carbocycles. The Bertz CT molecular complexity index is 593. The van der Waals surface area contributed by atoms with Crippen LogP contribution in [0.3, 0.4) is 0 Å². The van der Waals surface area contributed by atoms with Crippen LogP contribution in [0.25, 0.3) is 0 Å². The second-order valence-corrected chi connectivity index (χ2v) is 8.81. The highest BCUT2D eigenvalue weighted by molar-refractivity contribution is 5.95. The number of aryl methyl sites for hydroxylation is 1. The van der Waals surface area contributed by atoms with E-state index in [-0.39, 0.29) is 5.91 Å². The average Bonchev–Trinajstić information content (AvgIpc) is 2.77. The van der Waals surface area contributed by atoms with Crippen LogP contribution in [0.2, 0.25) is 0 Å². The Labute approximate surface area is 189 Å². The fourth-order valence-corrected chi connectivity index (χ4v) is 3.95. The van der Waals surface area contributed by atoms with Crippen molar-refractivity contribution in [2.45, 2.75) is 116 Å². The first kappa shape index (κ1) is 27.6. The topological polar surface area (TPSA) is 89.8 Å². The molecule has 0 radical (unpaired) electrons. The van der Waals surface area contributed by atoms with Crippen LogP contribution in [-0.4, -0.2) is 46.1 Å². The van der Waals surface area contributed by atoms with E-state index in [9.17, 15) is 20.1 Å². The first-order chi connectivity index (χ1) is 15.0. The van der Waals surface area contributed by atoms with Gasteiger partial charge in [0.15, 0.2) is 0 Å². The van der Waals surface area contributed by atoms with Crippen LogP contribution in [0.5, 0.6) is 0 Å². The largest absolute Gasteiger partial charge is 0.394 e. The third-order valence-electron chi connectivity index (χ3n) is 6.06. The van der Waals surface area contributed by atoms with Gasteiger partial charge in [0.05, 0.1) is 18.8 Å². The van der Waals surface area contributed by atoms with Crippen LogP contribution in [0.1, 0.15) is 106 Å². The third-order valence-corrected chi connectivity index (χ3v) is 6.06. The van der Waals surface area contributed by atoms with Crippen LogP contribution in [-0.2, 0) is 0 Å². The number of rotatable bonds is 18. The third kappa shape index (κ3) is 11.7. The zero-order valence-electron chi connectivity index (χ0n) is 19.7. The highest BCUT2D eigenvalue weighted by atomic mass is 16.3. The molecular weight excluding hydrogens is 390 g/mol. The number of carbonyl (C=O) groups is 1. The fraction of sp³-hybridized carbons (Fsp3) is 0.731. The highest BCUT2D eigenvalue weighted by Gasteiger charge is 2.27. The van der Waals surface area contributed by atoms with Gasteiger partial charge in [0.1, 0.15) is 6.10 Å². The molecule has 31 heavy (non-hydrogen) atoms. The minimum Gasteiger partial charge on any atom is -0.394 e. The fourth-order valence-electron chi connectivity index (χ4n) is 3.95. The number of aliphatic hydroxyl groups is 3. The SMILES string of the molecule is CCCCCCCCCCCCCCC(O)C(O)C(CO)NC(=O)c1ccccc1C. The van der Waals surface area contributed by atoms with Gasteiger partial charge in [-0.25, -0.2) is 0 Å². The van der Waals surface area contributed by atoms with Gasteiger partial charge in [-0.2, -0.15) is 0 Å². The van der Waals surface area contributed by atoms with Crippen LogP contribution >= 0.6 is 0 Å². The zero-order chi connectivity index (χ0) is 22.9. The molecule has 5 heteroatoms. The number of nitrogens with one attached hydrogen (secondary N) is 1. The van der Waals surface area contributed by atoms with E-state index in [0.29, 0.717) is 12.0 Å². The maximum absolute atomic E-state index is 12.4. The molecule has 1 rings (SSSR count). The number of carbonyl (C=O) groups excluding carboxylic acids is 1. The molecule has 0 fully saturated rings. The quantitative estimate of drug-likeness (QED) is 0.247. The summed E-state index contributed by atoms with van der Waals surface area (Å²) in [6.07, 6.45) is 13.2. The number of aliphatic hydroxyl groups excluding tert-OH is 3.